The van der Waals surface area contributed by atoms with Crippen LogP contribution in [0.3, 0.4) is 0 Å². The average molecular weight is 270 g/mol. The summed E-state index contributed by atoms with van der Waals surface area (Å²) in [4.78, 5) is 4.39. The van der Waals surface area contributed by atoms with Gasteiger partial charge in [0.1, 0.15) is 5.76 Å². The highest BCUT2D eigenvalue weighted by atomic mass is 16.4. The highest BCUT2D eigenvalue weighted by Gasteiger charge is 2.27. The Morgan fingerprint density at radius 1 is 1.20 bits per heavy atom. The smallest absolute Gasteiger partial charge is 0.198 e. The van der Waals surface area contributed by atoms with Gasteiger partial charge in [0.05, 0.1) is 6.20 Å². The van der Waals surface area contributed by atoms with Gasteiger partial charge in [-0.3, -0.25) is 0 Å². The maximum atomic E-state index is 5.69. The van der Waals surface area contributed by atoms with E-state index in [4.69, 9.17) is 4.42 Å². The zero-order valence-electron chi connectivity index (χ0n) is 12.2. The van der Waals surface area contributed by atoms with Crippen molar-refractivity contribution in [1.82, 2.24) is 10.3 Å². The summed E-state index contributed by atoms with van der Waals surface area (Å²) in [5.74, 6) is 2.71. The van der Waals surface area contributed by atoms with Crippen molar-refractivity contribution in [2.45, 2.75) is 38.5 Å². The van der Waals surface area contributed by atoms with Gasteiger partial charge in [0.25, 0.3) is 0 Å². The van der Waals surface area contributed by atoms with Crippen LogP contribution in [0.25, 0.3) is 0 Å². The van der Waals surface area contributed by atoms with Crippen LogP contribution in [0.15, 0.2) is 34.9 Å². The fourth-order valence-electron chi connectivity index (χ4n) is 2.97. The maximum Gasteiger partial charge on any atom is 0.198 e. The third-order valence-electron chi connectivity index (χ3n) is 4.20. The molecular formula is C17H22N2O. The number of rotatable bonds is 3. The zero-order valence-corrected chi connectivity index (χ0v) is 12.2. The fraction of sp³-hybridized carbons (Fsp3) is 0.471. The molecule has 3 rings (SSSR count). The Balaban J connectivity index is 1.74. The molecule has 2 atom stereocenters. The third kappa shape index (κ3) is 2.78. The number of aromatic nitrogens is 1. The molecule has 1 N–H and O–H groups in total. The molecule has 1 aliphatic heterocycles. The van der Waals surface area contributed by atoms with Crippen molar-refractivity contribution < 1.29 is 4.42 Å². The van der Waals surface area contributed by atoms with Gasteiger partial charge in [-0.05, 0) is 36.8 Å². The first-order valence-electron chi connectivity index (χ1n) is 7.48. The lowest BCUT2D eigenvalue weighted by Gasteiger charge is -2.28. The van der Waals surface area contributed by atoms with Crippen LogP contribution in [-0.4, -0.2) is 18.1 Å². The normalized spacial score (nSPS) is 22.9. The summed E-state index contributed by atoms with van der Waals surface area (Å²) in [7, 11) is 0. The molecule has 1 fully saturated rings. The molecule has 1 aromatic carbocycles. The summed E-state index contributed by atoms with van der Waals surface area (Å²) in [5.41, 5.74) is 2.82. The Bertz CT molecular complexity index is 559. The van der Waals surface area contributed by atoms with Gasteiger partial charge in [-0.15, -0.1) is 0 Å². The molecule has 106 valence electrons. The number of benzene rings is 1. The van der Waals surface area contributed by atoms with Crippen molar-refractivity contribution in [1.29, 1.82) is 0 Å². The monoisotopic (exact) mass is 270 g/mol. The van der Waals surface area contributed by atoms with Crippen molar-refractivity contribution in [3.05, 3.63) is 53.2 Å². The third-order valence-corrected chi connectivity index (χ3v) is 4.20. The van der Waals surface area contributed by atoms with Gasteiger partial charge < -0.3 is 9.73 Å². The summed E-state index contributed by atoms with van der Waals surface area (Å²) in [6.45, 7) is 6.15. The topological polar surface area (TPSA) is 38.1 Å². The number of oxazole rings is 1. The van der Waals surface area contributed by atoms with Crippen LogP contribution in [0.2, 0.25) is 0 Å². The van der Waals surface area contributed by atoms with E-state index in [2.05, 4.69) is 41.5 Å². The highest BCUT2D eigenvalue weighted by molar-refractivity contribution is 5.26. The Morgan fingerprint density at radius 3 is 2.60 bits per heavy atom. The first-order chi connectivity index (χ1) is 9.76. The second-order valence-corrected chi connectivity index (χ2v) is 5.69. The molecule has 3 heteroatoms. The van der Waals surface area contributed by atoms with Crippen molar-refractivity contribution in [2.24, 2.45) is 0 Å². The number of aryl methyl sites for hydroxylation is 2. The SMILES string of the molecule is CCc1ccc(C2CNCC(c3ncc(C)o3)C2)cc1. The predicted molar refractivity (Wildman–Crippen MR) is 80.0 cm³/mol. The molecule has 0 amide bonds. The lowest BCUT2D eigenvalue weighted by molar-refractivity contribution is 0.345. The largest absolute Gasteiger partial charge is 0.446 e. The van der Waals surface area contributed by atoms with Crippen LogP contribution in [0.4, 0.5) is 0 Å². The van der Waals surface area contributed by atoms with Crippen molar-refractivity contribution in [3.8, 4) is 0 Å². The lowest BCUT2D eigenvalue weighted by Crippen LogP contribution is -2.34. The molecule has 20 heavy (non-hydrogen) atoms. The first-order valence-corrected chi connectivity index (χ1v) is 7.48. The fourth-order valence-corrected chi connectivity index (χ4v) is 2.97. The minimum Gasteiger partial charge on any atom is -0.446 e. The predicted octanol–water partition coefficient (Wildman–Crippen LogP) is 3.41. The number of nitrogens with zero attached hydrogens (tertiary/aromatic N) is 1. The van der Waals surface area contributed by atoms with Crippen LogP contribution in [-0.2, 0) is 6.42 Å². The molecule has 2 unspecified atom stereocenters. The van der Waals surface area contributed by atoms with Gasteiger partial charge >= 0.3 is 0 Å². The van der Waals surface area contributed by atoms with Gasteiger partial charge in [0.2, 0.25) is 0 Å². The molecule has 0 bridgehead atoms. The van der Waals surface area contributed by atoms with Crippen LogP contribution < -0.4 is 5.32 Å². The summed E-state index contributed by atoms with van der Waals surface area (Å²) >= 11 is 0. The van der Waals surface area contributed by atoms with E-state index in [-0.39, 0.29) is 0 Å². The first kappa shape index (κ1) is 13.4. The van der Waals surface area contributed by atoms with E-state index in [0.717, 1.165) is 37.6 Å². The van der Waals surface area contributed by atoms with E-state index >= 15 is 0 Å². The van der Waals surface area contributed by atoms with Gasteiger partial charge in [-0.1, -0.05) is 31.2 Å². The van der Waals surface area contributed by atoms with Gasteiger partial charge in [-0.25, -0.2) is 4.98 Å². The van der Waals surface area contributed by atoms with E-state index in [9.17, 15) is 0 Å². The molecule has 1 aliphatic rings. The number of piperidine rings is 1. The molecule has 3 nitrogen and oxygen atoms in total. The standard InChI is InChI=1S/C17H22N2O/c1-3-13-4-6-14(7-5-13)15-8-16(11-18-10-15)17-19-9-12(2)20-17/h4-7,9,15-16,18H,3,8,10-11H2,1-2H3. The van der Waals surface area contributed by atoms with E-state index < -0.39 is 0 Å². The molecule has 1 saturated heterocycles. The molecule has 0 aliphatic carbocycles. The van der Waals surface area contributed by atoms with E-state index in [1.54, 1.807) is 0 Å². The van der Waals surface area contributed by atoms with E-state index in [0.29, 0.717) is 11.8 Å². The van der Waals surface area contributed by atoms with Crippen molar-refractivity contribution in [2.75, 3.05) is 13.1 Å². The minimum atomic E-state index is 0.383. The quantitative estimate of drug-likeness (QED) is 0.929. The van der Waals surface area contributed by atoms with Gasteiger partial charge in [-0.2, -0.15) is 0 Å². The van der Waals surface area contributed by atoms with Crippen LogP contribution in [0.5, 0.6) is 0 Å². The Kier molecular flexibility index (Phi) is 3.88. The summed E-state index contributed by atoms with van der Waals surface area (Å²) < 4.78 is 5.69. The number of hydrogen-bond donors (Lipinski definition) is 1. The van der Waals surface area contributed by atoms with Gasteiger partial charge in [0, 0.05) is 19.0 Å². The molecule has 0 radical (unpaired) electrons. The van der Waals surface area contributed by atoms with Crippen LogP contribution >= 0.6 is 0 Å². The average Bonchev–Trinajstić information content (AvgIpc) is 2.94. The van der Waals surface area contributed by atoms with E-state index in [1.165, 1.54) is 11.1 Å². The number of nitrogens with one attached hydrogen (secondary N) is 1. The van der Waals surface area contributed by atoms with Crippen molar-refractivity contribution >= 4 is 0 Å². The zero-order chi connectivity index (χ0) is 13.9. The summed E-state index contributed by atoms with van der Waals surface area (Å²) in [6.07, 6.45) is 4.02. The Labute approximate surface area is 120 Å². The Morgan fingerprint density at radius 2 is 1.95 bits per heavy atom. The summed E-state index contributed by atoms with van der Waals surface area (Å²) in [5, 5.41) is 3.52. The van der Waals surface area contributed by atoms with Crippen molar-refractivity contribution in [3.63, 3.8) is 0 Å². The second kappa shape index (κ2) is 5.80. The maximum absolute atomic E-state index is 5.69. The minimum absolute atomic E-state index is 0.383. The van der Waals surface area contributed by atoms with Crippen LogP contribution in [0, 0.1) is 6.92 Å². The second-order valence-electron chi connectivity index (χ2n) is 5.69. The lowest BCUT2D eigenvalue weighted by atomic mass is 9.85. The Hall–Kier alpha value is -1.61. The number of hydrogen-bond acceptors (Lipinski definition) is 3. The molecule has 0 saturated carbocycles. The van der Waals surface area contributed by atoms with Gasteiger partial charge in [0.15, 0.2) is 5.89 Å². The molecule has 2 aromatic rings. The van der Waals surface area contributed by atoms with Crippen LogP contribution in [0.1, 0.15) is 48.0 Å². The molecule has 0 spiro atoms. The molecular weight excluding hydrogens is 248 g/mol. The molecule has 1 aromatic heterocycles. The summed E-state index contributed by atoms with van der Waals surface area (Å²) in [6, 6.07) is 9.03. The molecule has 2 heterocycles. The van der Waals surface area contributed by atoms with E-state index in [1.807, 2.05) is 13.1 Å². The highest BCUT2D eigenvalue weighted by Crippen LogP contribution is 2.32.